The molecule has 4 aliphatic carbocycles. The van der Waals surface area contributed by atoms with E-state index in [0.29, 0.717) is 12.0 Å². The third-order valence-corrected chi connectivity index (χ3v) is 6.66. The molecule has 7 nitrogen and oxygen atoms in total. The molecule has 0 heterocycles. The molecular formula is C20H34N3O4+. The van der Waals surface area contributed by atoms with Crippen molar-refractivity contribution in [3.05, 3.63) is 0 Å². The van der Waals surface area contributed by atoms with Gasteiger partial charge in [-0.25, -0.2) is 4.79 Å². The first-order valence-corrected chi connectivity index (χ1v) is 10.5. The summed E-state index contributed by atoms with van der Waals surface area (Å²) >= 11 is 0. The highest BCUT2D eigenvalue weighted by Crippen LogP contribution is 2.59. The van der Waals surface area contributed by atoms with E-state index >= 15 is 0 Å². The summed E-state index contributed by atoms with van der Waals surface area (Å²) in [5.74, 6) is 2.19. The van der Waals surface area contributed by atoms with Gasteiger partial charge in [0.05, 0.1) is 13.2 Å². The number of imide groups is 1. The van der Waals surface area contributed by atoms with Gasteiger partial charge < -0.3 is 15.0 Å². The maximum Gasteiger partial charge on any atom is 0.414 e. The molecule has 1 atom stereocenters. The Hall–Kier alpha value is -1.63. The Balaban J connectivity index is 1.42. The number of hydrogen-bond acceptors (Lipinski definition) is 4. The third kappa shape index (κ3) is 5.21. The van der Waals surface area contributed by atoms with E-state index in [-0.39, 0.29) is 25.6 Å². The van der Waals surface area contributed by atoms with Gasteiger partial charge in [0.1, 0.15) is 0 Å². The fraction of sp³-hybridized carbons (Fsp3) is 0.850. The third-order valence-electron chi connectivity index (χ3n) is 6.66. The molecule has 4 saturated carbocycles. The lowest BCUT2D eigenvalue weighted by Gasteiger charge is -2.56. The molecule has 27 heavy (non-hydrogen) atoms. The van der Waals surface area contributed by atoms with Crippen LogP contribution in [0.4, 0.5) is 4.79 Å². The summed E-state index contributed by atoms with van der Waals surface area (Å²) in [6.45, 7) is 5.58. The molecular weight excluding hydrogens is 346 g/mol. The van der Waals surface area contributed by atoms with Crippen LogP contribution in [0.3, 0.4) is 0 Å². The minimum absolute atomic E-state index is 0.00784. The van der Waals surface area contributed by atoms with Crippen molar-refractivity contribution in [1.82, 2.24) is 10.6 Å². The normalized spacial score (nSPS) is 32.0. The molecule has 7 heteroatoms. The quantitative estimate of drug-likeness (QED) is 0.572. The van der Waals surface area contributed by atoms with Crippen molar-refractivity contribution in [3.63, 3.8) is 0 Å². The predicted octanol–water partition coefficient (Wildman–Crippen LogP) is 0.497. The van der Waals surface area contributed by atoms with Gasteiger partial charge in [-0.1, -0.05) is 0 Å². The second-order valence-electron chi connectivity index (χ2n) is 8.92. The summed E-state index contributed by atoms with van der Waals surface area (Å²) in [5, 5.41) is 5.34. The van der Waals surface area contributed by atoms with Crippen molar-refractivity contribution in [3.8, 4) is 0 Å². The van der Waals surface area contributed by atoms with Gasteiger partial charge in [0.25, 0.3) is 11.8 Å². The van der Waals surface area contributed by atoms with Gasteiger partial charge in [-0.3, -0.25) is 14.9 Å². The van der Waals surface area contributed by atoms with Crippen LogP contribution in [0.15, 0.2) is 0 Å². The molecule has 4 fully saturated rings. The summed E-state index contributed by atoms with van der Waals surface area (Å²) < 4.78 is 4.70. The van der Waals surface area contributed by atoms with Crippen molar-refractivity contribution in [2.75, 3.05) is 32.8 Å². The van der Waals surface area contributed by atoms with E-state index in [1.165, 1.54) is 38.5 Å². The first kappa shape index (κ1) is 20.1. The molecule has 3 amide bonds. The molecule has 0 radical (unpaired) electrons. The lowest BCUT2D eigenvalue weighted by Crippen LogP contribution is -3.14. The van der Waals surface area contributed by atoms with Crippen molar-refractivity contribution < 1.29 is 24.0 Å². The number of alkyl carbamates (subject to hydrolysis) is 1. The average Bonchev–Trinajstić information content (AvgIpc) is 2.58. The van der Waals surface area contributed by atoms with Gasteiger partial charge in [-0.2, -0.15) is 0 Å². The summed E-state index contributed by atoms with van der Waals surface area (Å²) in [5.41, 5.74) is 0.318. The second kappa shape index (κ2) is 8.59. The Morgan fingerprint density at radius 2 is 1.52 bits per heavy atom. The number of ether oxygens (including phenoxy) is 1. The standard InChI is InChI=1S/C20H33N3O4/c1-3-23(12-18(25)22-19(26)27-4-2)11-17(24)21-13-20-8-14-5-15(9-20)7-16(6-14)10-20/h14-16H,3-13H2,1-2H3,(H,21,24)(H,22,25,26)/p+1. The lowest BCUT2D eigenvalue weighted by atomic mass is 9.49. The molecule has 152 valence electrons. The molecule has 1 unspecified atom stereocenters. The summed E-state index contributed by atoms with van der Waals surface area (Å²) in [6.07, 6.45) is 7.27. The Morgan fingerprint density at radius 3 is 2.04 bits per heavy atom. The minimum atomic E-state index is -0.732. The van der Waals surface area contributed by atoms with E-state index in [1.807, 2.05) is 6.92 Å². The van der Waals surface area contributed by atoms with Crippen molar-refractivity contribution in [1.29, 1.82) is 0 Å². The number of hydrogen-bond donors (Lipinski definition) is 3. The van der Waals surface area contributed by atoms with Crippen LogP contribution in [0.2, 0.25) is 0 Å². The first-order chi connectivity index (χ1) is 12.9. The van der Waals surface area contributed by atoms with Crippen LogP contribution >= 0.6 is 0 Å². The van der Waals surface area contributed by atoms with Crippen molar-refractivity contribution in [2.45, 2.75) is 52.4 Å². The van der Waals surface area contributed by atoms with E-state index in [2.05, 4.69) is 10.6 Å². The zero-order chi connectivity index (χ0) is 19.4. The van der Waals surface area contributed by atoms with Crippen LogP contribution in [0.1, 0.15) is 52.4 Å². The second-order valence-corrected chi connectivity index (χ2v) is 8.92. The van der Waals surface area contributed by atoms with Crippen LogP contribution in [0, 0.1) is 23.2 Å². The van der Waals surface area contributed by atoms with Gasteiger partial charge in [-0.05, 0) is 75.5 Å². The molecule has 0 aromatic carbocycles. The maximum absolute atomic E-state index is 12.5. The molecule has 0 aromatic rings. The monoisotopic (exact) mass is 380 g/mol. The van der Waals surface area contributed by atoms with E-state index in [0.717, 1.165) is 29.2 Å². The number of amides is 3. The zero-order valence-electron chi connectivity index (χ0n) is 16.6. The number of likely N-dealkylation sites (N-methyl/N-ethyl adjacent to an activating group) is 1. The minimum Gasteiger partial charge on any atom is -0.450 e. The van der Waals surface area contributed by atoms with Gasteiger partial charge in [0.2, 0.25) is 0 Å². The highest BCUT2D eigenvalue weighted by molar-refractivity contribution is 5.92. The summed E-state index contributed by atoms with van der Waals surface area (Å²) in [4.78, 5) is 36.5. The lowest BCUT2D eigenvalue weighted by molar-refractivity contribution is -0.881. The summed E-state index contributed by atoms with van der Waals surface area (Å²) in [7, 11) is 0. The highest BCUT2D eigenvalue weighted by Gasteiger charge is 2.50. The van der Waals surface area contributed by atoms with Crippen LogP contribution in [-0.4, -0.2) is 50.7 Å². The first-order valence-electron chi connectivity index (χ1n) is 10.5. The predicted molar refractivity (Wildman–Crippen MR) is 100 cm³/mol. The molecule has 4 aliphatic rings. The molecule has 0 aliphatic heterocycles. The fourth-order valence-corrected chi connectivity index (χ4v) is 5.95. The Bertz CT molecular complexity index is 542. The van der Waals surface area contributed by atoms with Gasteiger partial charge in [0, 0.05) is 6.54 Å². The fourth-order valence-electron chi connectivity index (χ4n) is 5.95. The van der Waals surface area contributed by atoms with Crippen LogP contribution in [0.5, 0.6) is 0 Å². The van der Waals surface area contributed by atoms with Crippen LogP contribution in [0.25, 0.3) is 0 Å². The SMILES string of the molecule is CCOC(=O)NC(=O)C[NH+](CC)CC(=O)NCC12CC3CC(CC(C3)C1)C2. The number of carbonyl (C=O) groups is 3. The van der Waals surface area contributed by atoms with E-state index in [1.54, 1.807) is 6.92 Å². The average molecular weight is 381 g/mol. The zero-order valence-corrected chi connectivity index (χ0v) is 16.6. The van der Waals surface area contributed by atoms with Gasteiger partial charge in [-0.15, -0.1) is 0 Å². The Morgan fingerprint density at radius 1 is 0.963 bits per heavy atom. The topological polar surface area (TPSA) is 88.9 Å². The molecule has 3 N–H and O–H groups in total. The van der Waals surface area contributed by atoms with Crippen LogP contribution in [-0.2, 0) is 14.3 Å². The van der Waals surface area contributed by atoms with E-state index in [9.17, 15) is 14.4 Å². The van der Waals surface area contributed by atoms with Crippen LogP contribution < -0.4 is 15.5 Å². The number of rotatable bonds is 8. The molecule has 0 aromatic heterocycles. The Kier molecular flexibility index (Phi) is 6.40. The van der Waals surface area contributed by atoms with Gasteiger partial charge in [0.15, 0.2) is 13.1 Å². The van der Waals surface area contributed by atoms with Gasteiger partial charge >= 0.3 is 6.09 Å². The highest BCUT2D eigenvalue weighted by atomic mass is 16.5. The molecule has 0 saturated heterocycles. The van der Waals surface area contributed by atoms with E-state index < -0.39 is 12.0 Å². The maximum atomic E-state index is 12.5. The largest absolute Gasteiger partial charge is 0.450 e. The number of quaternary nitrogens is 1. The summed E-state index contributed by atoms with van der Waals surface area (Å²) in [6, 6.07) is 0. The number of nitrogens with one attached hydrogen (secondary N) is 3. The molecule has 0 spiro atoms. The molecule has 4 rings (SSSR count). The number of carbonyl (C=O) groups excluding carboxylic acids is 3. The Labute approximate surface area is 161 Å². The van der Waals surface area contributed by atoms with Crippen molar-refractivity contribution in [2.24, 2.45) is 23.2 Å². The smallest absolute Gasteiger partial charge is 0.414 e. The van der Waals surface area contributed by atoms with Crippen molar-refractivity contribution >= 4 is 17.9 Å². The van der Waals surface area contributed by atoms with E-state index in [4.69, 9.17) is 4.74 Å². The molecule has 4 bridgehead atoms.